The lowest BCUT2D eigenvalue weighted by Crippen LogP contribution is -2.30. The Hall–Kier alpha value is -3.93. The van der Waals surface area contributed by atoms with Crippen LogP contribution in [0.2, 0.25) is 0 Å². The van der Waals surface area contributed by atoms with Crippen molar-refractivity contribution in [2.75, 3.05) is 13.2 Å². The van der Waals surface area contributed by atoms with Gasteiger partial charge in [0.05, 0.1) is 0 Å². The third kappa shape index (κ3) is 60.8. The summed E-state index contributed by atoms with van der Waals surface area (Å²) in [4.78, 5) is 38.3. The molecule has 0 N–H and O–H groups in total. The highest BCUT2D eigenvalue weighted by molar-refractivity contribution is 5.71. The molecule has 0 saturated heterocycles. The van der Waals surface area contributed by atoms with Crippen LogP contribution < -0.4 is 0 Å². The molecular weight excluding hydrogens is 925 g/mol. The van der Waals surface area contributed by atoms with Gasteiger partial charge in [0.25, 0.3) is 0 Å². The van der Waals surface area contributed by atoms with Gasteiger partial charge in [0.15, 0.2) is 6.10 Å². The molecule has 0 aliphatic carbocycles. The van der Waals surface area contributed by atoms with Crippen molar-refractivity contribution in [1.82, 2.24) is 0 Å². The average Bonchev–Trinajstić information content (AvgIpc) is 3.41. The fourth-order valence-corrected chi connectivity index (χ4v) is 8.64. The Balaban J connectivity index is 4.33. The molecule has 0 aromatic heterocycles. The van der Waals surface area contributed by atoms with Crippen LogP contribution in [0, 0.1) is 0 Å². The van der Waals surface area contributed by atoms with Crippen LogP contribution >= 0.6 is 0 Å². The number of unbranched alkanes of at least 4 members (excludes halogenated alkanes) is 27. The second-order valence-electron chi connectivity index (χ2n) is 20.6. The predicted octanol–water partition coefficient (Wildman–Crippen LogP) is 21.4. The molecule has 0 heterocycles. The van der Waals surface area contributed by atoms with Crippen LogP contribution in [0.3, 0.4) is 0 Å². The molecule has 6 nitrogen and oxygen atoms in total. The number of hydrogen-bond donors (Lipinski definition) is 0. The molecule has 0 spiro atoms. The molecule has 1 unspecified atom stereocenters. The number of rotatable bonds is 56. The molecule has 0 aliphatic rings. The molecule has 0 saturated carbocycles. The summed E-state index contributed by atoms with van der Waals surface area (Å²) >= 11 is 0. The summed E-state index contributed by atoms with van der Waals surface area (Å²) in [5.41, 5.74) is 0. The lowest BCUT2D eigenvalue weighted by Gasteiger charge is -2.18. The molecule has 0 bridgehead atoms. The van der Waals surface area contributed by atoms with Gasteiger partial charge in [0.1, 0.15) is 13.2 Å². The van der Waals surface area contributed by atoms with Gasteiger partial charge in [-0.1, -0.05) is 278 Å². The van der Waals surface area contributed by atoms with Gasteiger partial charge in [0.2, 0.25) is 0 Å². The second-order valence-corrected chi connectivity index (χ2v) is 20.6. The first kappa shape index (κ1) is 71.1. The Morgan fingerprint density at radius 3 is 0.840 bits per heavy atom. The third-order valence-corrected chi connectivity index (χ3v) is 13.3. The van der Waals surface area contributed by atoms with E-state index in [-0.39, 0.29) is 37.5 Å². The summed E-state index contributed by atoms with van der Waals surface area (Å²) in [7, 11) is 0. The normalized spacial score (nSPS) is 12.8. The van der Waals surface area contributed by atoms with Crippen LogP contribution in [-0.2, 0) is 28.6 Å². The lowest BCUT2D eigenvalue weighted by atomic mass is 10.0. The maximum absolute atomic E-state index is 12.9. The largest absolute Gasteiger partial charge is 0.462 e. The summed E-state index contributed by atoms with van der Waals surface area (Å²) in [6.45, 7) is 6.40. The fourth-order valence-electron chi connectivity index (χ4n) is 8.64. The Labute approximate surface area is 463 Å². The van der Waals surface area contributed by atoms with Crippen molar-refractivity contribution in [2.24, 2.45) is 0 Å². The topological polar surface area (TPSA) is 78.9 Å². The van der Waals surface area contributed by atoms with Crippen molar-refractivity contribution >= 4 is 17.9 Å². The standard InChI is InChI=1S/C69H116O6/c1-4-7-10-13-16-19-22-25-28-29-30-31-32-33-34-35-36-37-38-39-42-44-47-50-53-56-59-62-68(71)74-65-66(75-69(72)63-60-57-54-51-48-45-41-27-24-21-18-15-12-9-6-3)64-73-67(70)61-58-55-52-49-46-43-40-26-23-20-17-14-11-8-5-2/h7,9-10,12,16,18-19,21,25,27-28,30-31,33-34,41,48,51,66H,4-6,8,11,13-15,17,20,22-24,26,29,32,35-40,42-47,49-50,52-65H2,1-3H3/b10-7-,12-9-,19-16-,21-18-,28-25-,31-30-,34-33-,41-27-,51-48-. The molecule has 0 aliphatic heterocycles. The molecule has 0 radical (unpaired) electrons. The molecule has 6 heteroatoms. The van der Waals surface area contributed by atoms with Crippen LogP contribution in [0.4, 0.5) is 0 Å². The van der Waals surface area contributed by atoms with Gasteiger partial charge in [-0.15, -0.1) is 0 Å². The number of hydrogen-bond acceptors (Lipinski definition) is 6. The van der Waals surface area contributed by atoms with Crippen LogP contribution in [0.25, 0.3) is 0 Å². The van der Waals surface area contributed by atoms with Gasteiger partial charge in [-0.2, -0.15) is 0 Å². The van der Waals surface area contributed by atoms with Crippen molar-refractivity contribution in [3.05, 3.63) is 109 Å². The second kappa shape index (κ2) is 62.6. The Bertz CT molecular complexity index is 1520. The maximum Gasteiger partial charge on any atom is 0.306 e. The van der Waals surface area contributed by atoms with E-state index in [2.05, 4.69) is 130 Å². The minimum atomic E-state index is -0.801. The quantitative estimate of drug-likeness (QED) is 0.0261. The molecule has 428 valence electrons. The first-order valence-corrected chi connectivity index (χ1v) is 31.4. The minimum Gasteiger partial charge on any atom is -0.462 e. The lowest BCUT2D eigenvalue weighted by molar-refractivity contribution is -0.167. The van der Waals surface area contributed by atoms with Gasteiger partial charge in [-0.25, -0.2) is 0 Å². The Morgan fingerprint density at radius 2 is 0.520 bits per heavy atom. The van der Waals surface area contributed by atoms with Crippen LogP contribution in [0.1, 0.15) is 290 Å². The number of carbonyl (C=O) groups excluding carboxylic acids is 3. The zero-order valence-corrected chi connectivity index (χ0v) is 49.0. The van der Waals surface area contributed by atoms with Crippen molar-refractivity contribution in [2.45, 2.75) is 297 Å². The Morgan fingerprint density at radius 1 is 0.280 bits per heavy atom. The summed E-state index contributed by atoms with van der Waals surface area (Å²) in [6, 6.07) is 0. The molecular formula is C69H116O6. The molecule has 0 rings (SSSR count). The zero-order valence-electron chi connectivity index (χ0n) is 49.0. The van der Waals surface area contributed by atoms with Gasteiger partial charge >= 0.3 is 17.9 Å². The van der Waals surface area contributed by atoms with Gasteiger partial charge < -0.3 is 14.2 Å². The van der Waals surface area contributed by atoms with E-state index in [1.807, 2.05) is 0 Å². The number of esters is 3. The number of carbonyl (C=O) groups is 3. The molecule has 75 heavy (non-hydrogen) atoms. The first-order chi connectivity index (χ1) is 37.0. The van der Waals surface area contributed by atoms with Crippen molar-refractivity contribution in [3.63, 3.8) is 0 Å². The van der Waals surface area contributed by atoms with E-state index in [4.69, 9.17) is 14.2 Å². The van der Waals surface area contributed by atoms with E-state index >= 15 is 0 Å². The SMILES string of the molecule is CC/C=C\C/C=C\C/C=C\C/C=C\C/C=C\CCCCCCCCCCCCCC(=O)OCC(COC(=O)CCCCCCCCCCCCCCCCC)OC(=O)CCCC/C=C\C/C=C\C/C=C\C/C=C\CC. The number of allylic oxidation sites excluding steroid dienone is 18. The highest BCUT2D eigenvalue weighted by Crippen LogP contribution is 2.16. The third-order valence-electron chi connectivity index (χ3n) is 13.3. The molecule has 0 amide bonds. The van der Waals surface area contributed by atoms with E-state index in [0.29, 0.717) is 19.3 Å². The minimum absolute atomic E-state index is 0.0936. The number of ether oxygens (including phenoxy) is 3. The monoisotopic (exact) mass is 1040 g/mol. The fraction of sp³-hybridized carbons (Fsp3) is 0.696. The van der Waals surface area contributed by atoms with Gasteiger partial charge in [0, 0.05) is 19.3 Å². The molecule has 1 atom stereocenters. The molecule has 0 fully saturated rings. The van der Waals surface area contributed by atoms with E-state index < -0.39 is 6.10 Å². The average molecular weight is 1040 g/mol. The Kier molecular flexibility index (Phi) is 59.3. The van der Waals surface area contributed by atoms with Crippen molar-refractivity contribution < 1.29 is 28.6 Å². The summed E-state index contributed by atoms with van der Waals surface area (Å²) in [5.74, 6) is -0.931. The zero-order chi connectivity index (χ0) is 54.3. The summed E-state index contributed by atoms with van der Waals surface area (Å²) < 4.78 is 16.9. The molecule has 0 aromatic rings. The maximum atomic E-state index is 12.9. The van der Waals surface area contributed by atoms with Crippen LogP contribution in [0.15, 0.2) is 109 Å². The van der Waals surface area contributed by atoms with Gasteiger partial charge in [-0.05, 0) is 103 Å². The highest BCUT2D eigenvalue weighted by Gasteiger charge is 2.19. The van der Waals surface area contributed by atoms with E-state index in [1.54, 1.807) is 0 Å². The predicted molar refractivity (Wildman–Crippen MR) is 325 cm³/mol. The van der Waals surface area contributed by atoms with E-state index in [0.717, 1.165) is 109 Å². The van der Waals surface area contributed by atoms with Crippen molar-refractivity contribution in [3.8, 4) is 0 Å². The smallest absolute Gasteiger partial charge is 0.306 e. The van der Waals surface area contributed by atoms with Crippen LogP contribution in [0.5, 0.6) is 0 Å². The van der Waals surface area contributed by atoms with Crippen LogP contribution in [-0.4, -0.2) is 37.2 Å². The molecule has 0 aromatic carbocycles. The first-order valence-electron chi connectivity index (χ1n) is 31.4. The summed E-state index contributed by atoms with van der Waals surface area (Å²) in [6.07, 6.45) is 85.2. The summed E-state index contributed by atoms with van der Waals surface area (Å²) in [5, 5.41) is 0. The van der Waals surface area contributed by atoms with Crippen molar-refractivity contribution in [1.29, 1.82) is 0 Å². The van der Waals surface area contributed by atoms with E-state index in [1.165, 1.54) is 135 Å². The van der Waals surface area contributed by atoms with E-state index in [9.17, 15) is 14.4 Å². The highest BCUT2D eigenvalue weighted by atomic mass is 16.6. The van der Waals surface area contributed by atoms with Gasteiger partial charge in [-0.3, -0.25) is 14.4 Å².